The molecule has 0 saturated heterocycles. The van der Waals surface area contributed by atoms with Crippen molar-refractivity contribution in [1.29, 1.82) is 0 Å². The Morgan fingerprint density at radius 1 is 1.14 bits per heavy atom. The third-order valence-corrected chi connectivity index (χ3v) is 4.28. The van der Waals surface area contributed by atoms with E-state index in [1.54, 1.807) is 6.92 Å². The fourth-order valence-electron chi connectivity index (χ4n) is 2.88. The predicted octanol–water partition coefficient (Wildman–Crippen LogP) is -0.456. The molecule has 1 N–H and O–H groups in total. The zero-order valence-electron chi connectivity index (χ0n) is 15.7. The number of amides is 1. The second-order valence-corrected chi connectivity index (χ2v) is 6.29. The lowest BCUT2D eigenvalue weighted by atomic mass is 10.2. The number of hydrogen-bond acceptors (Lipinski definition) is 7. The lowest BCUT2D eigenvalue weighted by Gasteiger charge is -2.18. The molecule has 1 amide bonds. The van der Waals surface area contributed by atoms with Crippen molar-refractivity contribution in [3.05, 3.63) is 50.5 Å². The molecule has 0 radical (unpaired) electrons. The summed E-state index contributed by atoms with van der Waals surface area (Å²) in [6, 6.07) is 7.68. The molecule has 1 aliphatic rings. The molecule has 3 rings (SSSR count). The molecule has 2 heterocycles. The van der Waals surface area contributed by atoms with Gasteiger partial charge >= 0.3 is 17.1 Å². The summed E-state index contributed by atoms with van der Waals surface area (Å²) < 4.78 is 6.84. The zero-order chi connectivity index (χ0) is 20.3. The number of carbonyl (C=O) groups excluding carboxylic acids is 2. The van der Waals surface area contributed by atoms with Gasteiger partial charge in [-0.2, -0.15) is 0 Å². The Bertz CT molecular complexity index is 1010. The van der Waals surface area contributed by atoms with Crippen LogP contribution in [0.5, 0.6) is 0 Å². The van der Waals surface area contributed by atoms with E-state index in [1.165, 1.54) is 4.57 Å². The van der Waals surface area contributed by atoms with Crippen LogP contribution in [0.15, 0.2) is 33.9 Å². The van der Waals surface area contributed by atoms with Crippen molar-refractivity contribution in [2.24, 2.45) is 0 Å². The van der Waals surface area contributed by atoms with Gasteiger partial charge in [0.2, 0.25) is 11.9 Å². The molecule has 0 fully saturated rings. The lowest BCUT2D eigenvalue weighted by molar-refractivity contribution is -0.143. The van der Waals surface area contributed by atoms with E-state index in [0.717, 1.165) is 15.9 Å². The average Bonchev–Trinajstić information content (AvgIpc) is 3.09. The van der Waals surface area contributed by atoms with E-state index in [0.29, 0.717) is 19.0 Å². The number of anilines is 2. The Labute approximate surface area is 160 Å². The van der Waals surface area contributed by atoms with Gasteiger partial charge in [0.1, 0.15) is 13.1 Å². The van der Waals surface area contributed by atoms with Crippen LogP contribution in [0.4, 0.5) is 11.6 Å². The zero-order valence-corrected chi connectivity index (χ0v) is 15.7. The maximum Gasteiger partial charge on any atom is 0.333 e. The van der Waals surface area contributed by atoms with Crippen molar-refractivity contribution in [2.45, 2.75) is 26.9 Å². The highest BCUT2D eigenvalue weighted by Crippen LogP contribution is 2.26. The van der Waals surface area contributed by atoms with Crippen molar-refractivity contribution in [2.75, 3.05) is 24.6 Å². The van der Waals surface area contributed by atoms with Crippen LogP contribution in [0, 0.1) is 6.92 Å². The minimum absolute atomic E-state index is 0.201. The van der Waals surface area contributed by atoms with Gasteiger partial charge in [-0.3, -0.25) is 23.7 Å². The van der Waals surface area contributed by atoms with Gasteiger partial charge in [0, 0.05) is 18.8 Å². The van der Waals surface area contributed by atoms with Crippen LogP contribution in [0.2, 0.25) is 0 Å². The molecule has 0 saturated carbocycles. The van der Waals surface area contributed by atoms with Gasteiger partial charge in [-0.15, -0.1) is 5.10 Å². The third-order valence-electron chi connectivity index (χ3n) is 4.28. The minimum atomic E-state index is -0.888. The fourth-order valence-corrected chi connectivity index (χ4v) is 2.88. The summed E-state index contributed by atoms with van der Waals surface area (Å²) in [6.07, 6.45) is 0. The summed E-state index contributed by atoms with van der Waals surface area (Å²) in [4.78, 5) is 49.8. The van der Waals surface area contributed by atoms with Crippen LogP contribution < -0.4 is 21.3 Å². The van der Waals surface area contributed by atoms with E-state index in [1.807, 2.05) is 36.1 Å². The van der Waals surface area contributed by atoms with Gasteiger partial charge < -0.3 is 15.0 Å². The summed E-state index contributed by atoms with van der Waals surface area (Å²) >= 11 is 0. The highest BCUT2D eigenvalue weighted by atomic mass is 16.5. The second kappa shape index (κ2) is 8.07. The average molecular weight is 387 g/mol. The maximum atomic E-state index is 12.4. The van der Waals surface area contributed by atoms with Gasteiger partial charge in [0.25, 0.3) is 0 Å². The Morgan fingerprint density at radius 3 is 2.54 bits per heavy atom. The Hall–Kier alpha value is -3.43. The number of rotatable bonds is 6. The molecule has 28 heavy (non-hydrogen) atoms. The van der Waals surface area contributed by atoms with Gasteiger partial charge in [-0.1, -0.05) is 17.7 Å². The van der Waals surface area contributed by atoms with Gasteiger partial charge in [0.05, 0.1) is 6.61 Å². The normalized spacial score (nSPS) is 12.6. The van der Waals surface area contributed by atoms with E-state index in [4.69, 9.17) is 4.74 Å². The number of nitrogens with zero attached hydrogens (tertiary/aromatic N) is 4. The lowest BCUT2D eigenvalue weighted by Crippen LogP contribution is -2.45. The first kappa shape index (κ1) is 19.3. The van der Waals surface area contributed by atoms with Gasteiger partial charge in [0.15, 0.2) is 0 Å². The van der Waals surface area contributed by atoms with E-state index in [-0.39, 0.29) is 13.2 Å². The van der Waals surface area contributed by atoms with Crippen molar-refractivity contribution in [1.82, 2.24) is 19.7 Å². The van der Waals surface area contributed by atoms with E-state index in [9.17, 15) is 19.2 Å². The van der Waals surface area contributed by atoms with Gasteiger partial charge in [-0.05, 0) is 26.0 Å². The molecule has 2 aromatic rings. The molecular formula is C18H21N5O5. The molecule has 0 bridgehead atoms. The summed E-state index contributed by atoms with van der Waals surface area (Å²) in [6.45, 7) is 3.86. The van der Waals surface area contributed by atoms with Crippen molar-refractivity contribution in [3.63, 3.8) is 0 Å². The predicted molar refractivity (Wildman–Crippen MR) is 101 cm³/mol. The number of ether oxygens (including phenoxy) is 1. The quantitative estimate of drug-likeness (QED) is 0.527. The Morgan fingerprint density at radius 2 is 1.86 bits per heavy atom. The SMILES string of the molecule is CCOC(=O)CNC(=O)Cn1nc2n(c(=O)c1=O)CCN2c1ccc(C)cc1. The van der Waals surface area contributed by atoms with Crippen LogP contribution in [0.25, 0.3) is 0 Å². The summed E-state index contributed by atoms with van der Waals surface area (Å²) in [5, 5.41) is 6.56. The molecule has 1 aromatic heterocycles. The van der Waals surface area contributed by atoms with Crippen LogP contribution in [0.1, 0.15) is 12.5 Å². The highest BCUT2D eigenvalue weighted by molar-refractivity contribution is 5.81. The third kappa shape index (κ3) is 3.95. The summed E-state index contributed by atoms with van der Waals surface area (Å²) in [7, 11) is 0. The van der Waals surface area contributed by atoms with Crippen LogP contribution in [-0.2, 0) is 27.4 Å². The number of carbonyl (C=O) groups is 2. The topological polar surface area (TPSA) is 116 Å². The molecule has 0 aliphatic carbocycles. The van der Waals surface area contributed by atoms with E-state index >= 15 is 0 Å². The van der Waals surface area contributed by atoms with E-state index in [2.05, 4.69) is 10.4 Å². The number of esters is 1. The first-order valence-corrected chi connectivity index (χ1v) is 8.89. The minimum Gasteiger partial charge on any atom is -0.465 e. The van der Waals surface area contributed by atoms with Crippen LogP contribution >= 0.6 is 0 Å². The second-order valence-electron chi connectivity index (χ2n) is 6.29. The largest absolute Gasteiger partial charge is 0.465 e. The Balaban J connectivity index is 1.83. The maximum absolute atomic E-state index is 12.4. The molecule has 148 valence electrons. The number of aromatic nitrogens is 3. The molecule has 0 atom stereocenters. The highest BCUT2D eigenvalue weighted by Gasteiger charge is 2.26. The molecule has 0 unspecified atom stereocenters. The van der Waals surface area contributed by atoms with Gasteiger partial charge in [-0.25, -0.2) is 4.68 Å². The summed E-state index contributed by atoms with van der Waals surface area (Å²) in [5.41, 5.74) is 0.302. The van der Waals surface area contributed by atoms with Crippen molar-refractivity contribution in [3.8, 4) is 0 Å². The monoisotopic (exact) mass is 387 g/mol. The number of hydrogen-bond donors (Lipinski definition) is 1. The first-order chi connectivity index (χ1) is 13.4. The fraction of sp³-hybridized carbons (Fsp3) is 0.389. The van der Waals surface area contributed by atoms with Crippen molar-refractivity contribution >= 4 is 23.5 Å². The molecular weight excluding hydrogens is 366 g/mol. The molecule has 1 aromatic carbocycles. The summed E-state index contributed by atoms with van der Waals surface area (Å²) in [5.74, 6) is -0.908. The smallest absolute Gasteiger partial charge is 0.333 e. The van der Waals surface area contributed by atoms with Crippen LogP contribution in [0.3, 0.4) is 0 Å². The molecule has 0 spiro atoms. The van der Waals surface area contributed by atoms with Crippen molar-refractivity contribution < 1.29 is 14.3 Å². The molecule has 10 heteroatoms. The number of fused-ring (bicyclic) bond motifs is 1. The standard InChI is InChI=1S/C18H21N5O5/c1-3-28-15(25)10-19-14(24)11-23-17(27)16(26)22-9-8-21(18(22)20-23)13-6-4-12(2)5-7-13/h4-7H,3,8-11H2,1-2H3,(H,19,24). The first-order valence-electron chi connectivity index (χ1n) is 8.89. The number of benzene rings is 1. The molecule has 1 aliphatic heterocycles. The molecule has 10 nitrogen and oxygen atoms in total. The van der Waals surface area contributed by atoms with Crippen LogP contribution in [-0.4, -0.2) is 45.9 Å². The Kier molecular flexibility index (Phi) is 5.57. The number of aryl methyl sites for hydroxylation is 1. The van der Waals surface area contributed by atoms with E-state index < -0.39 is 29.5 Å². The number of nitrogens with one attached hydrogen (secondary N) is 1.